The van der Waals surface area contributed by atoms with Gasteiger partial charge in [-0.05, 0) is 24.3 Å². The van der Waals surface area contributed by atoms with Gasteiger partial charge in [0.05, 0.1) is 0 Å². The van der Waals surface area contributed by atoms with Crippen LogP contribution in [0.2, 0.25) is 0 Å². The standard InChI is InChI=1S/C19H27N5O4S/c1-3-5-10-23(14(25)6-8-21-17(26)13-7-11-29-12-13)15-16(20)24(9-4-2)19(28)22-18(15)27/h7,11-12H,3-6,8-10,20H2,1-2H3,(H,21,26)(H,22,27,28). The molecule has 10 heteroatoms. The van der Waals surface area contributed by atoms with Gasteiger partial charge in [0.2, 0.25) is 5.91 Å². The highest BCUT2D eigenvalue weighted by Gasteiger charge is 2.23. The highest BCUT2D eigenvalue weighted by molar-refractivity contribution is 7.08. The summed E-state index contributed by atoms with van der Waals surface area (Å²) in [5.41, 5.74) is 5.35. The minimum absolute atomic E-state index is 0.00533. The Bertz CT molecular complexity index is 948. The fourth-order valence-corrected chi connectivity index (χ4v) is 3.51. The van der Waals surface area contributed by atoms with E-state index in [1.54, 1.807) is 16.8 Å². The number of carbonyl (C=O) groups excluding carboxylic acids is 2. The first-order valence-electron chi connectivity index (χ1n) is 9.64. The van der Waals surface area contributed by atoms with Gasteiger partial charge in [0, 0.05) is 37.0 Å². The van der Waals surface area contributed by atoms with E-state index in [0.29, 0.717) is 31.5 Å². The third kappa shape index (κ3) is 5.57. The second-order valence-corrected chi connectivity index (χ2v) is 7.34. The zero-order chi connectivity index (χ0) is 21.4. The molecule has 0 aromatic carbocycles. The summed E-state index contributed by atoms with van der Waals surface area (Å²) in [4.78, 5) is 52.9. The number of carbonyl (C=O) groups is 2. The van der Waals surface area contributed by atoms with Gasteiger partial charge in [-0.2, -0.15) is 11.3 Å². The zero-order valence-electron chi connectivity index (χ0n) is 16.7. The molecule has 0 spiro atoms. The Kier molecular flexibility index (Phi) is 8.20. The molecule has 2 aromatic heterocycles. The minimum atomic E-state index is -0.688. The van der Waals surface area contributed by atoms with Crippen molar-refractivity contribution in [1.29, 1.82) is 0 Å². The quantitative estimate of drug-likeness (QED) is 0.536. The number of nitrogens with zero attached hydrogens (tertiary/aromatic N) is 2. The van der Waals surface area contributed by atoms with E-state index < -0.39 is 11.2 Å². The molecule has 9 nitrogen and oxygen atoms in total. The molecule has 0 aliphatic rings. The lowest BCUT2D eigenvalue weighted by Gasteiger charge is -2.24. The number of unbranched alkanes of at least 4 members (excludes halogenated alkanes) is 1. The molecule has 29 heavy (non-hydrogen) atoms. The Morgan fingerprint density at radius 2 is 2.03 bits per heavy atom. The second-order valence-electron chi connectivity index (χ2n) is 6.56. The van der Waals surface area contributed by atoms with E-state index in [2.05, 4.69) is 10.3 Å². The third-order valence-electron chi connectivity index (χ3n) is 4.38. The molecule has 2 heterocycles. The largest absolute Gasteiger partial charge is 0.383 e. The van der Waals surface area contributed by atoms with E-state index in [-0.39, 0.29) is 36.3 Å². The first-order chi connectivity index (χ1) is 13.9. The van der Waals surface area contributed by atoms with Crippen LogP contribution in [-0.4, -0.2) is 34.5 Å². The molecule has 2 amide bonds. The van der Waals surface area contributed by atoms with Gasteiger partial charge in [-0.25, -0.2) is 4.79 Å². The molecule has 0 bridgehead atoms. The van der Waals surface area contributed by atoms with Crippen LogP contribution in [0.1, 0.15) is 49.9 Å². The van der Waals surface area contributed by atoms with E-state index in [1.165, 1.54) is 20.8 Å². The Hall–Kier alpha value is -2.88. The molecular formula is C19H27N5O4S. The topological polar surface area (TPSA) is 130 Å². The van der Waals surface area contributed by atoms with Gasteiger partial charge in [0.25, 0.3) is 11.5 Å². The minimum Gasteiger partial charge on any atom is -0.383 e. The van der Waals surface area contributed by atoms with Crippen molar-refractivity contribution in [3.8, 4) is 0 Å². The Morgan fingerprint density at radius 1 is 1.28 bits per heavy atom. The van der Waals surface area contributed by atoms with Crippen LogP contribution in [0, 0.1) is 0 Å². The number of aromatic amines is 1. The van der Waals surface area contributed by atoms with Crippen LogP contribution in [0.15, 0.2) is 26.4 Å². The normalized spacial score (nSPS) is 10.7. The number of aromatic nitrogens is 2. The predicted molar refractivity (Wildman–Crippen MR) is 115 cm³/mol. The Balaban J connectivity index is 2.21. The summed E-state index contributed by atoms with van der Waals surface area (Å²) in [7, 11) is 0. The molecule has 4 N–H and O–H groups in total. The highest BCUT2D eigenvalue weighted by Crippen LogP contribution is 2.18. The molecule has 158 valence electrons. The van der Waals surface area contributed by atoms with Crippen molar-refractivity contribution in [2.24, 2.45) is 0 Å². The number of nitrogens with one attached hydrogen (secondary N) is 2. The van der Waals surface area contributed by atoms with Crippen molar-refractivity contribution < 1.29 is 9.59 Å². The summed E-state index contributed by atoms with van der Waals surface area (Å²) >= 11 is 1.41. The molecule has 2 aromatic rings. The van der Waals surface area contributed by atoms with E-state index in [0.717, 1.165) is 6.42 Å². The lowest BCUT2D eigenvalue weighted by atomic mass is 10.2. The first-order valence-corrected chi connectivity index (χ1v) is 10.6. The van der Waals surface area contributed by atoms with Crippen LogP contribution < -0.4 is 27.2 Å². The average Bonchev–Trinajstić information content (AvgIpc) is 3.22. The molecular weight excluding hydrogens is 394 g/mol. The number of amides is 2. The summed E-state index contributed by atoms with van der Waals surface area (Å²) in [5, 5.41) is 6.22. The number of thiophene rings is 1. The van der Waals surface area contributed by atoms with Crippen molar-refractivity contribution in [2.45, 2.75) is 46.1 Å². The van der Waals surface area contributed by atoms with E-state index >= 15 is 0 Å². The fraction of sp³-hybridized carbons (Fsp3) is 0.474. The molecule has 0 saturated carbocycles. The molecule has 2 rings (SSSR count). The Morgan fingerprint density at radius 3 is 2.66 bits per heavy atom. The van der Waals surface area contributed by atoms with Gasteiger partial charge in [0.15, 0.2) is 5.69 Å². The summed E-state index contributed by atoms with van der Waals surface area (Å²) in [5.74, 6) is -0.622. The van der Waals surface area contributed by atoms with E-state index in [1.807, 2.05) is 13.8 Å². The second kappa shape index (κ2) is 10.6. The summed E-state index contributed by atoms with van der Waals surface area (Å²) in [6.45, 7) is 4.61. The van der Waals surface area contributed by atoms with Gasteiger partial charge in [-0.1, -0.05) is 20.3 Å². The molecule has 0 saturated heterocycles. The Labute approximate surface area is 172 Å². The SMILES string of the molecule is CCCCN(C(=O)CCNC(=O)c1ccsc1)c1c(N)n(CCC)c(=O)[nH]c1=O. The van der Waals surface area contributed by atoms with E-state index in [4.69, 9.17) is 5.73 Å². The lowest BCUT2D eigenvalue weighted by molar-refractivity contribution is -0.118. The maximum atomic E-state index is 12.9. The summed E-state index contributed by atoms with van der Waals surface area (Å²) in [6, 6.07) is 1.70. The van der Waals surface area contributed by atoms with E-state index in [9.17, 15) is 19.2 Å². The maximum absolute atomic E-state index is 12.9. The number of nitrogen functional groups attached to an aromatic ring is 1. The van der Waals surface area contributed by atoms with Crippen LogP contribution in [0.25, 0.3) is 0 Å². The highest BCUT2D eigenvalue weighted by atomic mass is 32.1. The lowest BCUT2D eigenvalue weighted by Crippen LogP contribution is -2.42. The summed E-state index contributed by atoms with van der Waals surface area (Å²) in [6.07, 6.45) is 2.13. The predicted octanol–water partition coefficient (Wildman–Crippen LogP) is 1.54. The molecule has 0 aliphatic heterocycles. The molecule has 0 aliphatic carbocycles. The third-order valence-corrected chi connectivity index (χ3v) is 5.06. The van der Waals surface area contributed by atoms with Gasteiger partial charge < -0.3 is 16.0 Å². The fourth-order valence-electron chi connectivity index (χ4n) is 2.87. The van der Waals surface area contributed by atoms with Crippen LogP contribution in [0.4, 0.5) is 11.5 Å². The van der Waals surface area contributed by atoms with Crippen LogP contribution in [0.5, 0.6) is 0 Å². The molecule has 0 fully saturated rings. The van der Waals surface area contributed by atoms with Gasteiger partial charge in [-0.3, -0.25) is 23.9 Å². The molecule has 0 unspecified atom stereocenters. The van der Waals surface area contributed by atoms with Gasteiger partial charge in [0.1, 0.15) is 5.82 Å². The number of nitrogens with two attached hydrogens (primary N) is 1. The number of hydrogen-bond acceptors (Lipinski definition) is 6. The van der Waals surface area contributed by atoms with Crippen molar-refractivity contribution >= 4 is 34.7 Å². The van der Waals surface area contributed by atoms with Crippen LogP contribution >= 0.6 is 11.3 Å². The van der Waals surface area contributed by atoms with Crippen molar-refractivity contribution in [1.82, 2.24) is 14.9 Å². The number of H-pyrrole nitrogens is 1. The summed E-state index contributed by atoms with van der Waals surface area (Å²) < 4.78 is 1.27. The monoisotopic (exact) mass is 421 g/mol. The van der Waals surface area contributed by atoms with Crippen molar-refractivity contribution in [3.63, 3.8) is 0 Å². The number of rotatable bonds is 10. The average molecular weight is 422 g/mol. The van der Waals surface area contributed by atoms with Crippen molar-refractivity contribution in [2.75, 3.05) is 23.7 Å². The van der Waals surface area contributed by atoms with Crippen LogP contribution in [-0.2, 0) is 11.3 Å². The maximum Gasteiger partial charge on any atom is 0.330 e. The van der Waals surface area contributed by atoms with Gasteiger partial charge in [-0.15, -0.1) is 0 Å². The number of anilines is 2. The number of hydrogen-bond donors (Lipinski definition) is 3. The van der Waals surface area contributed by atoms with Crippen molar-refractivity contribution in [3.05, 3.63) is 43.2 Å². The van der Waals surface area contributed by atoms with Crippen LogP contribution in [0.3, 0.4) is 0 Å². The molecule has 0 radical (unpaired) electrons. The smallest absolute Gasteiger partial charge is 0.330 e. The first kappa shape index (κ1) is 22.4. The molecule has 0 atom stereocenters. The van der Waals surface area contributed by atoms with Gasteiger partial charge >= 0.3 is 5.69 Å². The zero-order valence-corrected chi connectivity index (χ0v) is 17.5.